The van der Waals surface area contributed by atoms with Crippen molar-refractivity contribution in [3.8, 4) is 0 Å². The minimum atomic E-state index is -1.11. The highest BCUT2D eigenvalue weighted by Crippen LogP contribution is 2.09. The lowest BCUT2D eigenvalue weighted by Crippen LogP contribution is -2.31. The summed E-state index contributed by atoms with van der Waals surface area (Å²) in [6, 6.07) is -0.979. The van der Waals surface area contributed by atoms with Gasteiger partial charge in [0.05, 0.1) is 0 Å². The van der Waals surface area contributed by atoms with Crippen LogP contribution in [0.15, 0.2) is 0 Å². The van der Waals surface area contributed by atoms with Gasteiger partial charge in [0.1, 0.15) is 12.3 Å². The van der Waals surface area contributed by atoms with E-state index in [4.69, 9.17) is 16.6 Å². The summed E-state index contributed by atoms with van der Waals surface area (Å²) in [5.41, 5.74) is 9.81. The number of hydrogen-bond donors (Lipinski definition) is 3. The van der Waals surface area contributed by atoms with Gasteiger partial charge in [0.15, 0.2) is 0 Å². The molecule has 5 N–H and O–H groups in total. The molecule has 0 aliphatic rings. The topological polar surface area (TPSA) is 123 Å². The number of rotatable bonds is 14. The Morgan fingerprint density at radius 2 is 1.48 bits per heavy atom. The highest BCUT2D eigenvalue weighted by molar-refractivity contribution is 5.76. The Morgan fingerprint density at radius 1 is 1.00 bits per heavy atom. The third-order valence-corrected chi connectivity index (χ3v) is 3.44. The van der Waals surface area contributed by atoms with Gasteiger partial charge in [-0.05, 0) is 12.8 Å². The monoisotopic (exact) mass is 330 g/mol. The van der Waals surface area contributed by atoms with Gasteiger partial charge in [-0.25, -0.2) is 0 Å². The van der Waals surface area contributed by atoms with Crippen molar-refractivity contribution in [3.63, 3.8) is 0 Å². The van der Waals surface area contributed by atoms with Crippen molar-refractivity contribution in [2.45, 2.75) is 90.0 Å². The number of primary amides is 1. The predicted octanol–water partition coefficient (Wildman–Crippen LogP) is 2.77. The molecular weight excluding hydrogens is 296 g/mol. The SMILES string of the molecule is CCCCCCCCCCCC=O.NC(=O)CC[C@H](N)C(=O)O. The molecule has 0 aromatic heterocycles. The number of carbonyl (C=O) groups is 3. The summed E-state index contributed by atoms with van der Waals surface area (Å²) >= 11 is 0. The lowest BCUT2D eigenvalue weighted by Gasteiger charge is -2.01. The van der Waals surface area contributed by atoms with Gasteiger partial charge in [-0.1, -0.05) is 58.3 Å². The summed E-state index contributed by atoms with van der Waals surface area (Å²) in [5, 5.41) is 8.22. The zero-order chi connectivity index (χ0) is 17.9. The van der Waals surface area contributed by atoms with Gasteiger partial charge in [-0.15, -0.1) is 0 Å². The summed E-state index contributed by atoms with van der Waals surface area (Å²) in [4.78, 5) is 30.1. The first kappa shape index (κ1) is 23.8. The van der Waals surface area contributed by atoms with Gasteiger partial charge >= 0.3 is 5.97 Å². The van der Waals surface area contributed by atoms with Crippen LogP contribution in [0.1, 0.15) is 84.0 Å². The normalized spacial score (nSPS) is 11.2. The Hall–Kier alpha value is -1.43. The number of unbranched alkanes of at least 4 members (excludes halogenated alkanes) is 9. The smallest absolute Gasteiger partial charge is 0.320 e. The number of nitrogens with two attached hydrogens (primary N) is 2. The minimum absolute atomic E-state index is 0.0213. The molecule has 23 heavy (non-hydrogen) atoms. The Kier molecular flexibility index (Phi) is 19.3. The second-order valence-corrected chi connectivity index (χ2v) is 5.73. The average Bonchev–Trinajstić information content (AvgIpc) is 2.51. The first-order chi connectivity index (χ1) is 11.0. The lowest BCUT2D eigenvalue weighted by molar-refractivity contribution is -0.138. The van der Waals surface area contributed by atoms with Crippen molar-refractivity contribution in [1.82, 2.24) is 0 Å². The van der Waals surface area contributed by atoms with Crippen LogP contribution in [0.25, 0.3) is 0 Å². The van der Waals surface area contributed by atoms with E-state index in [0.717, 1.165) is 19.1 Å². The molecule has 6 nitrogen and oxygen atoms in total. The van der Waals surface area contributed by atoms with Crippen molar-refractivity contribution >= 4 is 18.2 Å². The number of carboxylic acids is 1. The molecule has 1 amide bonds. The summed E-state index contributed by atoms with van der Waals surface area (Å²) in [5.74, 6) is -1.64. The maximum Gasteiger partial charge on any atom is 0.320 e. The number of aldehydes is 1. The Balaban J connectivity index is 0. The van der Waals surface area contributed by atoms with E-state index >= 15 is 0 Å². The molecule has 0 heterocycles. The van der Waals surface area contributed by atoms with Crippen LogP contribution in [0, 0.1) is 0 Å². The molecule has 136 valence electrons. The van der Waals surface area contributed by atoms with Crippen LogP contribution in [-0.2, 0) is 14.4 Å². The highest BCUT2D eigenvalue weighted by atomic mass is 16.4. The van der Waals surface area contributed by atoms with E-state index in [1.165, 1.54) is 51.4 Å². The fourth-order valence-electron chi connectivity index (χ4n) is 1.96. The summed E-state index contributed by atoms with van der Waals surface area (Å²) in [6.07, 6.45) is 13.9. The summed E-state index contributed by atoms with van der Waals surface area (Å²) in [6.45, 7) is 2.25. The van der Waals surface area contributed by atoms with Crippen LogP contribution in [0.2, 0.25) is 0 Å². The minimum Gasteiger partial charge on any atom is -0.480 e. The Morgan fingerprint density at radius 3 is 1.87 bits per heavy atom. The molecular formula is C17H34N2O4. The van der Waals surface area contributed by atoms with E-state index in [9.17, 15) is 14.4 Å². The maximum atomic E-state index is 10.1. The van der Waals surface area contributed by atoms with Gasteiger partial charge < -0.3 is 21.4 Å². The average molecular weight is 330 g/mol. The first-order valence-corrected chi connectivity index (χ1v) is 8.66. The third-order valence-electron chi connectivity index (χ3n) is 3.44. The molecule has 0 aliphatic heterocycles. The van der Waals surface area contributed by atoms with Crippen LogP contribution < -0.4 is 11.5 Å². The second kappa shape index (κ2) is 18.6. The predicted molar refractivity (Wildman–Crippen MR) is 91.9 cm³/mol. The van der Waals surface area contributed by atoms with Gasteiger partial charge in [-0.2, -0.15) is 0 Å². The van der Waals surface area contributed by atoms with Gasteiger partial charge in [0.25, 0.3) is 0 Å². The summed E-state index contributed by atoms with van der Waals surface area (Å²) < 4.78 is 0. The van der Waals surface area contributed by atoms with E-state index in [2.05, 4.69) is 6.92 Å². The lowest BCUT2D eigenvalue weighted by atomic mass is 10.1. The maximum absolute atomic E-state index is 10.1. The van der Waals surface area contributed by atoms with E-state index in [1.807, 2.05) is 0 Å². The van der Waals surface area contributed by atoms with Crippen molar-refractivity contribution in [2.75, 3.05) is 0 Å². The van der Waals surface area contributed by atoms with Crippen molar-refractivity contribution in [2.24, 2.45) is 11.5 Å². The van der Waals surface area contributed by atoms with Crippen molar-refractivity contribution < 1.29 is 19.5 Å². The molecule has 0 aromatic rings. The molecule has 6 heteroatoms. The quantitative estimate of drug-likeness (QED) is 0.334. The van der Waals surface area contributed by atoms with Gasteiger partial charge in [0, 0.05) is 12.8 Å². The zero-order valence-electron chi connectivity index (χ0n) is 14.5. The molecule has 0 bridgehead atoms. The fourth-order valence-corrected chi connectivity index (χ4v) is 1.96. The van der Waals surface area contributed by atoms with Crippen molar-refractivity contribution in [3.05, 3.63) is 0 Å². The molecule has 0 saturated heterocycles. The summed E-state index contributed by atoms with van der Waals surface area (Å²) in [7, 11) is 0. The van der Waals surface area contributed by atoms with Crippen LogP contribution in [0.3, 0.4) is 0 Å². The van der Waals surface area contributed by atoms with Crippen LogP contribution in [-0.4, -0.2) is 29.3 Å². The number of carboxylic acid groups (broad SMARTS) is 1. The molecule has 0 fully saturated rings. The molecule has 0 aromatic carbocycles. The second-order valence-electron chi connectivity index (χ2n) is 5.73. The molecule has 0 radical (unpaired) electrons. The number of amides is 1. The van der Waals surface area contributed by atoms with Crippen LogP contribution >= 0.6 is 0 Å². The fraction of sp³-hybridized carbons (Fsp3) is 0.824. The molecule has 0 spiro atoms. The van der Waals surface area contributed by atoms with E-state index in [-0.39, 0.29) is 12.8 Å². The molecule has 0 rings (SSSR count). The standard InChI is InChI=1S/C12H24O.C5H10N2O3/c1-2-3-4-5-6-7-8-9-10-11-12-13;6-3(5(9)10)1-2-4(7)8/h12H,2-11H2,1H3;3H,1-2,6H2,(H2,7,8)(H,9,10)/t;3-/m.0/s1. The molecule has 0 unspecified atom stereocenters. The third kappa shape index (κ3) is 23.0. The Bertz CT molecular complexity index is 309. The first-order valence-electron chi connectivity index (χ1n) is 8.66. The molecule has 1 atom stereocenters. The zero-order valence-corrected chi connectivity index (χ0v) is 14.5. The van der Waals surface area contributed by atoms with E-state index in [1.54, 1.807) is 0 Å². The number of aliphatic carboxylic acids is 1. The number of carbonyl (C=O) groups excluding carboxylic acids is 2. The Labute approximate surface area is 140 Å². The van der Waals surface area contributed by atoms with Gasteiger partial charge in [0.2, 0.25) is 5.91 Å². The number of hydrogen-bond acceptors (Lipinski definition) is 4. The van der Waals surface area contributed by atoms with Crippen molar-refractivity contribution in [1.29, 1.82) is 0 Å². The molecule has 0 aliphatic carbocycles. The highest BCUT2D eigenvalue weighted by Gasteiger charge is 2.11. The largest absolute Gasteiger partial charge is 0.480 e. The van der Waals surface area contributed by atoms with E-state index in [0.29, 0.717) is 0 Å². The van der Waals surface area contributed by atoms with Gasteiger partial charge in [-0.3, -0.25) is 9.59 Å². The van der Waals surface area contributed by atoms with E-state index < -0.39 is 17.9 Å². The van der Waals surface area contributed by atoms with Crippen LogP contribution in [0.5, 0.6) is 0 Å². The van der Waals surface area contributed by atoms with Crippen LogP contribution in [0.4, 0.5) is 0 Å². The molecule has 0 saturated carbocycles.